The van der Waals surface area contributed by atoms with Crippen LogP contribution in [0.2, 0.25) is 0 Å². The highest BCUT2D eigenvalue weighted by molar-refractivity contribution is 6.01. The van der Waals surface area contributed by atoms with Gasteiger partial charge in [0.15, 0.2) is 11.6 Å². The van der Waals surface area contributed by atoms with Crippen molar-refractivity contribution in [3.05, 3.63) is 142 Å². The first-order chi connectivity index (χ1) is 22.5. The lowest BCUT2D eigenvalue weighted by atomic mass is 10.1. The lowest BCUT2D eigenvalue weighted by Gasteiger charge is -2.34. The van der Waals surface area contributed by atoms with Crippen LogP contribution in [0.25, 0.3) is 0 Å². The van der Waals surface area contributed by atoms with Crippen molar-refractivity contribution in [1.29, 1.82) is 0 Å². The first-order valence-corrected chi connectivity index (χ1v) is 15.4. The van der Waals surface area contributed by atoms with Gasteiger partial charge in [-0.05, 0) is 123 Å². The van der Waals surface area contributed by atoms with E-state index >= 15 is 0 Å². The van der Waals surface area contributed by atoms with Gasteiger partial charge in [0, 0.05) is 30.5 Å². The first kappa shape index (κ1) is 27.6. The van der Waals surface area contributed by atoms with Crippen LogP contribution >= 0.6 is 0 Å². The molecule has 2 aromatic carbocycles. The molecular formula is C38H32N8. The van der Waals surface area contributed by atoms with E-state index in [2.05, 4.69) is 115 Å². The summed E-state index contributed by atoms with van der Waals surface area (Å²) in [6, 6.07) is 17.3. The van der Waals surface area contributed by atoms with E-state index in [1.807, 2.05) is 55.5 Å². The molecule has 0 fully saturated rings. The van der Waals surface area contributed by atoms with E-state index < -0.39 is 0 Å². The molecule has 2 aromatic heterocycles. The van der Waals surface area contributed by atoms with Crippen molar-refractivity contribution in [1.82, 2.24) is 9.97 Å². The molecular weight excluding hydrogens is 568 g/mol. The maximum atomic E-state index is 4.65. The van der Waals surface area contributed by atoms with Gasteiger partial charge >= 0.3 is 0 Å². The number of aliphatic imine (C=N–C) groups is 2. The molecule has 0 aliphatic carbocycles. The average molecular weight is 601 g/mol. The topological polar surface area (TPSA) is 63.5 Å². The third-order valence-electron chi connectivity index (χ3n) is 8.92. The van der Waals surface area contributed by atoms with Crippen LogP contribution in [0.3, 0.4) is 0 Å². The Hall–Kier alpha value is -5.94. The van der Waals surface area contributed by atoms with Gasteiger partial charge < -0.3 is 0 Å². The zero-order valence-electron chi connectivity index (χ0n) is 26.2. The molecule has 0 atom stereocenters. The van der Waals surface area contributed by atoms with Crippen LogP contribution in [0, 0.1) is 27.7 Å². The van der Waals surface area contributed by atoms with E-state index in [1.54, 1.807) is 6.20 Å². The molecule has 0 radical (unpaired) electrons. The number of fused-ring (bicyclic) bond motifs is 2. The Morgan fingerprint density at radius 2 is 1.20 bits per heavy atom. The van der Waals surface area contributed by atoms with Crippen LogP contribution in [-0.4, -0.2) is 22.4 Å². The maximum Gasteiger partial charge on any atom is 0.166 e. The summed E-state index contributed by atoms with van der Waals surface area (Å²) in [5, 5.41) is 0. The van der Waals surface area contributed by atoms with Crippen LogP contribution in [0.15, 0.2) is 130 Å². The molecule has 0 unspecified atom stereocenters. The third-order valence-corrected chi connectivity index (χ3v) is 8.92. The second-order valence-electron chi connectivity index (χ2n) is 11.8. The fourth-order valence-electron chi connectivity index (χ4n) is 6.43. The number of hydrogen-bond acceptors (Lipinski definition) is 8. The fraction of sp³-hybridized carbons (Fsp3) is 0.158. The molecule has 0 N–H and O–H groups in total. The SMILES string of the molecule is Cc1cc2c(cc1C)N(c1cccnc1)/C(=C1/N(C3=CN=CCC3)c3cc(C)c(C)cc3N1c1cccnc1)N2C1=C=C=CN=C1. The average Bonchev–Trinajstić information content (AvgIpc) is 3.58. The molecule has 0 saturated heterocycles. The second kappa shape index (κ2) is 10.9. The quantitative estimate of drug-likeness (QED) is 0.219. The molecule has 224 valence electrons. The summed E-state index contributed by atoms with van der Waals surface area (Å²) in [5.41, 5.74) is 19.3. The van der Waals surface area contributed by atoms with Gasteiger partial charge in [0.2, 0.25) is 0 Å². The van der Waals surface area contributed by atoms with Crippen LogP contribution in [0.1, 0.15) is 35.1 Å². The van der Waals surface area contributed by atoms with Crippen molar-refractivity contribution in [3.8, 4) is 0 Å². The van der Waals surface area contributed by atoms with Crippen LogP contribution < -0.4 is 19.6 Å². The zero-order valence-corrected chi connectivity index (χ0v) is 26.2. The van der Waals surface area contributed by atoms with Crippen molar-refractivity contribution in [2.75, 3.05) is 19.6 Å². The van der Waals surface area contributed by atoms with E-state index in [-0.39, 0.29) is 0 Å². The first-order valence-electron chi connectivity index (χ1n) is 15.4. The molecule has 4 aliphatic heterocycles. The van der Waals surface area contributed by atoms with Crippen LogP contribution in [0.5, 0.6) is 0 Å². The number of nitrogens with zero attached hydrogens (tertiary/aromatic N) is 8. The standard InChI is InChI=1S/C38H32N8/c1-25-17-33-34(18-26(25)2)44(30-10-6-14-40-22-30)37(43(33)29-9-5-13-39-21-29)38-45(31-11-7-15-41-23-31)35-19-27(3)28(4)20-36(35)46(38)32-12-8-16-42-24-32/h5,7,9,11,13-24H,6,10H2,1-4H3/b38-37-. The van der Waals surface area contributed by atoms with Crippen LogP contribution in [0.4, 0.5) is 34.1 Å². The molecule has 0 spiro atoms. The zero-order chi connectivity index (χ0) is 31.4. The van der Waals surface area contributed by atoms with E-state index in [4.69, 9.17) is 0 Å². The largest absolute Gasteiger partial charge is 0.293 e. The Bertz CT molecular complexity index is 2130. The number of rotatable bonds is 4. The van der Waals surface area contributed by atoms with Crippen LogP contribution in [-0.2, 0) is 0 Å². The maximum absolute atomic E-state index is 4.65. The van der Waals surface area contributed by atoms with Gasteiger partial charge in [-0.15, -0.1) is 0 Å². The highest BCUT2D eigenvalue weighted by Gasteiger charge is 2.45. The van der Waals surface area contributed by atoms with Crippen molar-refractivity contribution in [2.24, 2.45) is 9.98 Å². The normalized spacial score (nSPS) is 17.9. The number of allylic oxidation sites excluding steroid dienone is 2. The number of aryl methyl sites for hydroxylation is 4. The molecule has 46 heavy (non-hydrogen) atoms. The smallest absolute Gasteiger partial charge is 0.166 e. The molecule has 4 aromatic rings. The van der Waals surface area contributed by atoms with Gasteiger partial charge in [0.25, 0.3) is 0 Å². The van der Waals surface area contributed by atoms with Gasteiger partial charge in [-0.25, -0.2) is 0 Å². The van der Waals surface area contributed by atoms with Crippen molar-refractivity contribution in [3.63, 3.8) is 0 Å². The number of benzene rings is 2. The number of aromatic nitrogens is 2. The lowest BCUT2D eigenvalue weighted by Crippen LogP contribution is -2.36. The Kier molecular flexibility index (Phi) is 6.54. The molecule has 0 amide bonds. The number of pyridine rings is 2. The number of anilines is 6. The molecule has 8 rings (SSSR count). The minimum atomic E-state index is 0.783. The Labute approximate surface area is 268 Å². The second-order valence-corrected chi connectivity index (χ2v) is 11.8. The summed E-state index contributed by atoms with van der Waals surface area (Å²) in [4.78, 5) is 27.6. The van der Waals surface area contributed by atoms with Gasteiger partial charge in [0.05, 0.1) is 58.9 Å². The molecule has 0 bridgehead atoms. The molecule has 4 aliphatic rings. The highest BCUT2D eigenvalue weighted by atomic mass is 15.5. The van der Waals surface area contributed by atoms with E-state index in [0.717, 1.165) is 70.0 Å². The predicted octanol–water partition coefficient (Wildman–Crippen LogP) is 8.40. The summed E-state index contributed by atoms with van der Waals surface area (Å²) in [6.45, 7) is 8.66. The van der Waals surface area contributed by atoms with E-state index in [1.165, 1.54) is 22.3 Å². The minimum Gasteiger partial charge on any atom is -0.293 e. The molecule has 0 saturated carbocycles. The van der Waals surface area contributed by atoms with Crippen molar-refractivity contribution in [2.45, 2.75) is 40.5 Å². The Morgan fingerprint density at radius 3 is 1.67 bits per heavy atom. The Morgan fingerprint density at radius 1 is 0.652 bits per heavy atom. The summed E-state index contributed by atoms with van der Waals surface area (Å²) in [5.74, 6) is 1.86. The monoisotopic (exact) mass is 600 g/mol. The van der Waals surface area contributed by atoms with E-state index in [0.29, 0.717) is 0 Å². The summed E-state index contributed by atoms with van der Waals surface area (Å²) < 4.78 is 0. The van der Waals surface area contributed by atoms with Gasteiger partial charge in [-0.2, -0.15) is 0 Å². The molecule has 8 nitrogen and oxygen atoms in total. The van der Waals surface area contributed by atoms with Crippen molar-refractivity contribution >= 4 is 46.6 Å². The highest BCUT2D eigenvalue weighted by Crippen LogP contribution is 2.56. The summed E-state index contributed by atoms with van der Waals surface area (Å²) in [6.07, 6.45) is 16.6. The number of hydrogen-bond donors (Lipinski definition) is 0. The van der Waals surface area contributed by atoms with Gasteiger partial charge in [0.1, 0.15) is 5.70 Å². The van der Waals surface area contributed by atoms with Gasteiger partial charge in [-0.3, -0.25) is 39.6 Å². The van der Waals surface area contributed by atoms with E-state index in [9.17, 15) is 0 Å². The molecule has 6 heterocycles. The molecule has 8 heteroatoms. The summed E-state index contributed by atoms with van der Waals surface area (Å²) >= 11 is 0. The fourth-order valence-corrected chi connectivity index (χ4v) is 6.43. The lowest BCUT2D eigenvalue weighted by molar-refractivity contribution is 0.890. The summed E-state index contributed by atoms with van der Waals surface area (Å²) in [7, 11) is 0. The van der Waals surface area contributed by atoms with Gasteiger partial charge in [-0.1, -0.05) is 0 Å². The third kappa shape index (κ3) is 4.32. The van der Waals surface area contributed by atoms with Crippen molar-refractivity contribution < 1.29 is 0 Å². The minimum absolute atomic E-state index is 0.783. The Balaban J connectivity index is 1.55. The predicted molar refractivity (Wildman–Crippen MR) is 186 cm³/mol.